The third-order valence-corrected chi connectivity index (χ3v) is 4.05. The molecule has 56 valence electrons. The van der Waals surface area contributed by atoms with Crippen LogP contribution in [0.4, 0.5) is 0 Å². The van der Waals surface area contributed by atoms with Gasteiger partial charge in [0.15, 0.2) is 9.84 Å². The minimum absolute atomic E-state index is 0.0222. The lowest BCUT2D eigenvalue weighted by Gasteiger charge is -2.32. The maximum absolute atomic E-state index is 11.0. The highest BCUT2D eigenvalue weighted by Gasteiger charge is 2.49. The molecule has 1 atom stereocenters. The first-order valence-electron chi connectivity index (χ1n) is 3.12. The first-order chi connectivity index (χ1) is 4.61. The molecule has 2 aliphatic rings. The van der Waals surface area contributed by atoms with Gasteiger partial charge in [0.05, 0.1) is 12.2 Å². The van der Waals surface area contributed by atoms with Crippen LogP contribution in [0.1, 0.15) is 6.42 Å². The average molecular weight is 161 g/mol. The van der Waals surface area contributed by atoms with Gasteiger partial charge in [0, 0.05) is 6.54 Å². The molecule has 2 heterocycles. The second kappa shape index (κ2) is 1.53. The lowest BCUT2D eigenvalue weighted by Crippen LogP contribution is -2.50. The predicted molar refractivity (Wildman–Crippen MR) is 33.9 cm³/mol. The highest BCUT2D eigenvalue weighted by atomic mass is 32.2. The van der Waals surface area contributed by atoms with Gasteiger partial charge in [-0.25, -0.2) is 8.42 Å². The van der Waals surface area contributed by atoms with Crippen molar-refractivity contribution >= 4 is 15.7 Å². The van der Waals surface area contributed by atoms with E-state index in [1.54, 1.807) is 0 Å². The van der Waals surface area contributed by atoms with E-state index in [1.165, 1.54) is 4.90 Å². The number of hydrogen-bond donors (Lipinski definition) is 0. The fraction of sp³-hybridized carbons (Fsp3) is 0.800. The van der Waals surface area contributed by atoms with Gasteiger partial charge >= 0.3 is 0 Å². The summed E-state index contributed by atoms with van der Waals surface area (Å²) in [5, 5.41) is -0.458. The number of rotatable bonds is 0. The predicted octanol–water partition coefficient (Wildman–Crippen LogP) is -1.03. The summed E-state index contributed by atoms with van der Waals surface area (Å²) >= 11 is 0. The van der Waals surface area contributed by atoms with Crippen molar-refractivity contribution in [3.8, 4) is 0 Å². The molecule has 0 N–H and O–H groups in total. The van der Waals surface area contributed by atoms with Crippen molar-refractivity contribution in [2.45, 2.75) is 11.8 Å². The summed E-state index contributed by atoms with van der Waals surface area (Å²) in [5.74, 6) is 0.134. The molecule has 4 nitrogen and oxygen atoms in total. The Balaban J connectivity index is 2.34. The fourth-order valence-corrected chi connectivity index (χ4v) is 3.11. The van der Waals surface area contributed by atoms with Crippen LogP contribution in [0.25, 0.3) is 0 Å². The van der Waals surface area contributed by atoms with E-state index in [4.69, 9.17) is 0 Å². The maximum Gasteiger partial charge on any atom is 0.226 e. The van der Waals surface area contributed by atoms with Gasteiger partial charge in [0.2, 0.25) is 5.91 Å². The van der Waals surface area contributed by atoms with Crippen molar-refractivity contribution in [1.82, 2.24) is 4.90 Å². The number of carbonyl (C=O) groups is 1. The third-order valence-electron chi connectivity index (χ3n) is 2.05. The third kappa shape index (κ3) is 0.558. The van der Waals surface area contributed by atoms with E-state index in [0.717, 1.165) is 0 Å². The average Bonchev–Trinajstić information content (AvgIpc) is 2.03. The van der Waals surface area contributed by atoms with Gasteiger partial charge in [-0.1, -0.05) is 0 Å². The van der Waals surface area contributed by atoms with Gasteiger partial charge < -0.3 is 4.90 Å². The number of nitrogens with zero attached hydrogens (tertiary/aromatic N) is 1. The molecule has 2 fully saturated rings. The lowest BCUT2D eigenvalue weighted by molar-refractivity contribution is -0.140. The number of β-lactam (4-membered cyclic amide) rings is 1. The van der Waals surface area contributed by atoms with Gasteiger partial charge in [-0.15, -0.1) is 0 Å². The Hall–Kier alpha value is -0.580. The molecule has 0 aliphatic carbocycles. The molecule has 2 aliphatic heterocycles. The molecule has 0 unspecified atom stereocenters. The normalized spacial score (nSPS) is 35.4. The molecule has 0 radical (unpaired) electrons. The summed E-state index contributed by atoms with van der Waals surface area (Å²) in [5.41, 5.74) is 0. The van der Waals surface area contributed by atoms with Crippen LogP contribution in [-0.2, 0) is 14.6 Å². The second-order valence-corrected chi connectivity index (χ2v) is 4.89. The van der Waals surface area contributed by atoms with E-state index in [1.807, 2.05) is 0 Å². The quantitative estimate of drug-likeness (QED) is 0.427. The molecule has 1 amide bonds. The summed E-state index contributed by atoms with van der Waals surface area (Å²) in [6, 6.07) is 0. The first kappa shape index (κ1) is 6.15. The van der Waals surface area contributed by atoms with Gasteiger partial charge in [-0.05, 0) is 0 Å². The van der Waals surface area contributed by atoms with Crippen LogP contribution in [0.15, 0.2) is 0 Å². The zero-order valence-corrected chi connectivity index (χ0v) is 6.10. The topological polar surface area (TPSA) is 54.5 Å². The van der Waals surface area contributed by atoms with Gasteiger partial charge in [0.25, 0.3) is 0 Å². The summed E-state index contributed by atoms with van der Waals surface area (Å²) in [4.78, 5) is 12.1. The van der Waals surface area contributed by atoms with Gasteiger partial charge in [-0.3, -0.25) is 4.79 Å². The second-order valence-electron chi connectivity index (χ2n) is 2.61. The monoisotopic (exact) mass is 161 g/mol. The van der Waals surface area contributed by atoms with Crippen molar-refractivity contribution in [2.75, 3.05) is 12.3 Å². The molecule has 2 rings (SSSR count). The smallest absolute Gasteiger partial charge is 0.226 e. The van der Waals surface area contributed by atoms with Gasteiger partial charge in [0.1, 0.15) is 5.37 Å². The number of fused-ring (bicyclic) bond motifs is 1. The minimum atomic E-state index is -2.92. The Morgan fingerprint density at radius 3 is 2.60 bits per heavy atom. The van der Waals surface area contributed by atoms with Crippen LogP contribution in [0.5, 0.6) is 0 Å². The zero-order chi connectivity index (χ0) is 7.35. The highest BCUT2D eigenvalue weighted by molar-refractivity contribution is 7.92. The summed E-state index contributed by atoms with van der Waals surface area (Å²) in [7, 11) is -2.92. The summed E-state index contributed by atoms with van der Waals surface area (Å²) < 4.78 is 21.9. The molecule has 0 saturated carbocycles. The van der Waals surface area contributed by atoms with E-state index in [0.29, 0.717) is 6.54 Å². The first-order valence-corrected chi connectivity index (χ1v) is 4.84. The summed E-state index contributed by atoms with van der Waals surface area (Å²) in [6.07, 6.45) is 0.211. The van der Waals surface area contributed by atoms with Crippen molar-refractivity contribution in [3.05, 3.63) is 0 Å². The van der Waals surface area contributed by atoms with E-state index in [-0.39, 0.29) is 18.1 Å². The van der Waals surface area contributed by atoms with Crippen LogP contribution in [0.2, 0.25) is 0 Å². The Labute approximate surface area is 58.7 Å². The number of amides is 1. The van der Waals surface area contributed by atoms with Crippen molar-refractivity contribution in [3.63, 3.8) is 0 Å². The van der Waals surface area contributed by atoms with Crippen molar-refractivity contribution in [2.24, 2.45) is 0 Å². The largest absolute Gasteiger partial charge is 0.324 e. The molecule has 0 spiro atoms. The maximum atomic E-state index is 11.0. The molecular weight excluding hydrogens is 154 g/mol. The molecule has 0 aromatic carbocycles. The molecule has 2 saturated heterocycles. The number of carbonyl (C=O) groups excluding carboxylic acids is 1. The van der Waals surface area contributed by atoms with Crippen LogP contribution in [0.3, 0.4) is 0 Å². The molecule has 10 heavy (non-hydrogen) atoms. The zero-order valence-electron chi connectivity index (χ0n) is 5.28. The molecule has 0 aromatic heterocycles. The van der Waals surface area contributed by atoms with E-state index in [9.17, 15) is 13.2 Å². The van der Waals surface area contributed by atoms with Crippen LogP contribution >= 0.6 is 0 Å². The molecule has 5 heteroatoms. The van der Waals surface area contributed by atoms with Crippen LogP contribution < -0.4 is 0 Å². The number of sulfone groups is 1. The fourth-order valence-electron chi connectivity index (χ4n) is 1.38. The highest BCUT2D eigenvalue weighted by Crippen LogP contribution is 2.29. The Morgan fingerprint density at radius 2 is 2.20 bits per heavy atom. The Bertz CT molecular complexity index is 281. The Morgan fingerprint density at radius 1 is 1.50 bits per heavy atom. The van der Waals surface area contributed by atoms with E-state index >= 15 is 0 Å². The van der Waals surface area contributed by atoms with Crippen LogP contribution in [-0.4, -0.2) is 36.9 Å². The molecule has 0 bridgehead atoms. The number of hydrogen-bond acceptors (Lipinski definition) is 3. The minimum Gasteiger partial charge on any atom is -0.324 e. The SMILES string of the molecule is O=C1C[C@@H]2N1CCS2(=O)=O. The molecular formula is C5H7NO3S. The molecule has 0 aromatic rings. The van der Waals surface area contributed by atoms with Gasteiger partial charge in [-0.2, -0.15) is 0 Å². The van der Waals surface area contributed by atoms with Crippen molar-refractivity contribution < 1.29 is 13.2 Å². The Kier molecular flexibility index (Phi) is 0.940. The van der Waals surface area contributed by atoms with E-state index in [2.05, 4.69) is 0 Å². The van der Waals surface area contributed by atoms with Crippen molar-refractivity contribution in [1.29, 1.82) is 0 Å². The summed E-state index contributed by atoms with van der Waals surface area (Å²) in [6.45, 7) is 0.409. The van der Waals surface area contributed by atoms with E-state index < -0.39 is 15.2 Å². The van der Waals surface area contributed by atoms with Crippen LogP contribution in [0, 0.1) is 0 Å². The standard InChI is InChI=1S/C5H7NO3S/c7-4-3-5-6(4)1-2-10(5,8)9/h5H,1-3H2/t5-/m1/s1. The lowest BCUT2D eigenvalue weighted by atomic mass is 10.2.